The predicted molar refractivity (Wildman–Crippen MR) is 81.0 cm³/mol. The van der Waals surface area contributed by atoms with Crippen LogP contribution in [0.5, 0.6) is 0 Å². The highest BCUT2D eigenvalue weighted by Crippen LogP contribution is 2.11. The molecule has 0 saturated heterocycles. The highest BCUT2D eigenvalue weighted by Gasteiger charge is 2.15. The first-order valence-corrected chi connectivity index (χ1v) is 6.83. The molecule has 0 unspecified atom stereocenters. The Bertz CT molecular complexity index is 718. The summed E-state index contributed by atoms with van der Waals surface area (Å²) in [5, 5.41) is 0. The van der Waals surface area contributed by atoms with E-state index < -0.39 is 0 Å². The summed E-state index contributed by atoms with van der Waals surface area (Å²) in [6.45, 7) is 0.639. The maximum atomic E-state index is 12.4. The fraction of sp³-hybridized carbons (Fsp3) is 0.188. The van der Waals surface area contributed by atoms with Crippen molar-refractivity contribution in [2.24, 2.45) is 0 Å². The van der Waals surface area contributed by atoms with Gasteiger partial charge < -0.3 is 9.88 Å². The Morgan fingerprint density at radius 1 is 1.19 bits per heavy atom. The number of benzene rings is 1. The van der Waals surface area contributed by atoms with Gasteiger partial charge in [0.25, 0.3) is 5.91 Å². The number of nitrogens with zero attached hydrogens (tertiary/aromatic N) is 3. The largest absolute Gasteiger partial charge is 0.339 e. The van der Waals surface area contributed by atoms with Crippen molar-refractivity contribution in [3.05, 3.63) is 60.2 Å². The van der Waals surface area contributed by atoms with Crippen LogP contribution in [-0.4, -0.2) is 39.4 Å². The SMILES string of the molecule is CN(CCc1ccncc1)C(=O)c1nc2ccccc2[nH]1. The van der Waals surface area contributed by atoms with Gasteiger partial charge >= 0.3 is 0 Å². The van der Waals surface area contributed by atoms with E-state index in [1.807, 2.05) is 36.4 Å². The second-order valence-electron chi connectivity index (χ2n) is 4.93. The first kappa shape index (κ1) is 13.3. The molecule has 3 aromatic rings. The molecular formula is C16H16N4O. The summed E-state index contributed by atoms with van der Waals surface area (Å²) in [5.41, 5.74) is 2.85. The number of rotatable bonds is 4. The summed E-state index contributed by atoms with van der Waals surface area (Å²) in [4.78, 5) is 25.4. The van der Waals surface area contributed by atoms with Gasteiger partial charge in [-0.15, -0.1) is 0 Å². The normalized spacial score (nSPS) is 10.7. The second kappa shape index (κ2) is 5.75. The average molecular weight is 280 g/mol. The molecule has 0 bridgehead atoms. The summed E-state index contributed by atoms with van der Waals surface area (Å²) in [7, 11) is 1.79. The Hall–Kier alpha value is -2.69. The van der Waals surface area contributed by atoms with Crippen LogP contribution >= 0.6 is 0 Å². The summed E-state index contributed by atoms with van der Waals surface area (Å²) >= 11 is 0. The number of para-hydroxylation sites is 2. The number of nitrogens with one attached hydrogen (secondary N) is 1. The van der Waals surface area contributed by atoms with Gasteiger partial charge in [0, 0.05) is 26.0 Å². The van der Waals surface area contributed by atoms with E-state index >= 15 is 0 Å². The number of hydrogen-bond acceptors (Lipinski definition) is 3. The van der Waals surface area contributed by atoms with Crippen LogP contribution in [0.4, 0.5) is 0 Å². The highest BCUT2D eigenvalue weighted by atomic mass is 16.2. The maximum absolute atomic E-state index is 12.4. The summed E-state index contributed by atoms with van der Waals surface area (Å²) < 4.78 is 0. The number of pyridine rings is 1. The Balaban J connectivity index is 1.69. The molecule has 1 aromatic carbocycles. The van der Waals surface area contributed by atoms with E-state index in [9.17, 15) is 4.79 Å². The van der Waals surface area contributed by atoms with Crippen molar-refractivity contribution in [1.29, 1.82) is 0 Å². The van der Waals surface area contributed by atoms with Crippen LogP contribution in [0.2, 0.25) is 0 Å². The van der Waals surface area contributed by atoms with Crippen LogP contribution in [0.15, 0.2) is 48.8 Å². The minimum absolute atomic E-state index is 0.0970. The van der Waals surface area contributed by atoms with Gasteiger partial charge in [-0.3, -0.25) is 9.78 Å². The molecule has 2 aromatic heterocycles. The van der Waals surface area contributed by atoms with Crippen LogP contribution in [0.3, 0.4) is 0 Å². The molecule has 3 rings (SSSR count). The minimum Gasteiger partial charge on any atom is -0.339 e. The van der Waals surface area contributed by atoms with E-state index in [2.05, 4.69) is 15.0 Å². The second-order valence-corrected chi connectivity index (χ2v) is 4.93. The molecule has 5 heteroatoms. The van der Waals surface area contributed by atoms with Gasteiger partial charge in [0.15, 0.2) is 5.82 Å². The Labute approximate surface area is 122 Å². The maximum Gasteiger partial charge on any atom is 0.289 e. The van der Waals surface area contributed by atoms with Crippen molar-refractivity contribution < 1.29 is 4.79 Å². The highest BCUT2D eigenvalue weighted by molar-refractivity contribution is 5.94. The fourth-order valence-electron chi connectivity index (χ4n) is 2.18. The van der Waals surface area contributed by atoms with Crippen LogP contribution in [0.1, 0.15) is 16.2 Å². The van der Waals surface area contributed by atoms with E-state index in [0.29, 0.717) is 12.4 Å². The number of aromatic amines is 1. The third-order valence-electron chi connectivity index (χ3n) is 3.42. The quantitative estimate of drug-likeness (QED) is 0.797. The lowest BCUT2D eigenvalue weighted by molar-refractivity contribution is 0.0786. The molecule has 2 heterocycles. The molecule has 0 aliphatic heterocycles. The lowest BCUT2D eigenvalue weighted by Crippen LogP contribution is -2.29. The van der Waals surface area contributed by atoms with E-state index in [1.165, 1.54) is 0 Å². The Morgan fingerprint density at radius 2 is 1.95 bits per heavy atom. The number of likely N-dealkylation sites (N-methyl/N-ethyl adjacent to an activating group) is 1. The lowest BCUT2D eigenvalue weighted by atomic mass is 10.2. The Kier molecular flexibility index (Phi) is 3.64. The van der Waals surface area contributed by atoms with E-state index in [4.69, 9.17) is 0 Å². The molecule has 1 N–H and O–H groups in total. The van der Waals surface area contributed by atoms with E-state index in [0.717, 1.165) is 23.0 Å². The molecule has 1 amide bonds. The first-order valence-electron chi connectivity index (χ1n) is 6.83. The molecule has 0 aliphatic rings. The minimum atomic E-state index is -0.0970. The van der Waals surface area contributed by atoms with Gasteiger partial charge in [0.1, 0.15) is 0 Å². The van der Waals surface area contributed by atoms with Crippen LogP contribution in [0, 0.1) is 0 Å². The topological polar surface area (TPSA) is 61.9 Å². The molecular weight excluding hydrogens is 264 g/mol. The van der Waals surface area contributed by atoms with Gasteiger partial charge in [-0.05, 0) is 36.2 Å². The zero-order valence-corrected chi connectivity index (χ0v) is 11.8. The van der Waals surface area contributed by atoms with Crippen molar-refractivity contribution >= 4 is 16.9 Å². The van der Waals surface area contributed by atoms with Crippen molar-refractivity contribution in [3.63, 3.8) is 0 Å². The molecule has 0 radical (unpaired) electrons. The van der Waals surface area contributed by atoms with Crippen LogP contribution < -0.4 is 0 Å². The molecule has 5 nitrogen and oxygen atoms in total. The zero-order chi connectivity index (χ0) is 14.7. The lowest BCUT2D eigenvalue weighted by Gasteiger charge is -2.15. The number of hydrogen-bond donors (Lipinski definition) is 1. The van der Waals surface area contributed by atoms with Gasteiger partial charge in [-0.25, -0.2) is 4.98 Å². The molecule has 0 saturated carbocycles. The standard InChI is InChI=1S/C16H16N4O/c1-20(11-8-12-6-9-17-10-7-12)16(21)15-18-13-4-2-3-5-14(13)19-15/h2-7,9-10H,8,11H2,1H3,(H,18,19). The van der Waals surface area contributed by atoms with Crippen LogP contribution in [0.25, 0.3) is 11.0 Å². The van der Waals surface area contributed by atoms with Crippen molar-refractivity contribution in [2.75, 3.05) is 13.6 Å². The number of imidazole rings is 1. The molecule has 0 spiro atoms. The first-order chi connectivity index (χ1) is 10.2. The number of fused-ring (bicyclic) bond motifs is 1. The van der Waals surface area contributed by atoms with Gasteiger partial charge in [-0.2, -0.15) is 0 Å². The van der Waals surface area contributed by atoms with Crippen LogP contribution in [-0.2, 0) is 6.42 Å². The summed E-state index contributed by atoms with van der Waals surface area (Å²) in [6, 6.07) is 11.5. The average Bonchev–Trinajstić information content (AvgIpc) is 2.97. The summed E-state index contributed by atoms with van der Waals surface area (Å²) in [5.74, 6) is 0.286. The number of carbonyl (C=O) groups is 1. The number of aromatic nitrogens is 3. The molecule has 21 heavy (non-hydrogen) atoms. The monoisotopic (exact) mass is 280 g/mol. The van der Waals surface area contributed by atoms with Crippen molar-refractivity contribution in [1.82, 2.24) is 19.9 Å². The smallest absolute Gasteiger partial charge is 0.289 e. The van der Waals surface area contributed by atoms with E-state index in [1.54, 1.807) is 24.3 Å². The molecule has 0 fully saturated rings. The van der Waals surface area contributed by atoms with Gasteiger partial charge in [0.2, 0.25) is 0 Å². The van der Waals surface area contributed by atoms with Gasteiger partial charge in [-0.1, -0.05) is 12.1 Å². The zero-order valence-electron chi connectivity index (χ0n) is 11.8. The number of H-pyrrole nitrogens is 1. The van der Waals surface area contributed by atoms with Crippen molar-refractivity contribution in [2.45, 2.75) is 6.42 Å². The van der Waals surface area contributed by atoms with E-state index in [-0.39, 0.29) is 5.91 Å². The molecule has 0 aliphatic carbocycles. The number of carbonyl (C=O) groups excluding carboxylic acids is 1. The van der Waals surface area contributed by atoms with Crippen molar-refractivity contribution in [3.8, 4) is 0 Å². The summed E-state index contributed by atoms with van der Waals surface area (Å²) in [6.07, 6.45) is 4.32. The fourth-order valence-corrected chi connectivity index (χ4v) is 2.18. The molecule has 106 valence electrons. The third kappa shape index (κ3) is 2.91. The Morgan fingerprint density at radius 3 is 2.71 bits per heavy atom. The predicted octanol–water partition coefficient (Wildman–Crippen LogP) is 2.27. The third-order valence-corrected chi connectivity index (χ3v) is 3.42. The molecule has 0 atom stereocenters. The van der Waals surface area contributed by atoms with Gasteiger partial charge in [0.05, 0.1) is 11.0 Å². The number of amides is 1.